The molecule has 1 saturated heterocycles. The van der Waals surface area contributed by atoms with Crippen molar-refractivity contribution >= 4 is 23.0 Å². The molecule has 0 spiro atoms. The lowest BCUT2D eigenvalue weighted by atomic mass is 10.1. The third-order valence-electron chi connectivity index (χ3n) is 5.70. The molecule has 2 N–H and O–H groups in total. The number of aliphatic imine (C=N–C) groups is 1. The molecule has 7 heteroatoms. The van der Waals surface area contributed by atoms with Crippen molar-refractivity contribution in [1.29, 1.82) is 0 Å². The van der Waals surface area contributed by atoms with Gasteiger partial charge in [-0.05, 0) is 43.6 Å². The average molecular weight is 403 g/mol. The Hall–Kier alpha value is -3.32. The molecule has 3 aromatic rings. The standard InChI is InChI=1S/C23H22FN5O/c24-21-16(14-29-10-3-4-11-29)7-5-8-17(21)23(30)27-20-13-25-28-22(20)19-12-15-6-1-2-9-18(15)26-19/h1-2,5-9,13H,3-4,10-12,14H2,(H,25,28)(H,27,30). The molecule has 0 aliphatic carbocycles. The SMILES string of the molecule is O=C(Nc1cn[nH]c1C1=Nc2ccccc2C1)c1cccc(CN2CCCC2)c1F. The summed E-state index contributed by atoms with van der Waals surface area (Å²) >= 11 is 0. The van der Waals surface area contributed by atoms with Crippen molar-refractivity contribution in [3.8, 4) is 0 Å². The van der Waals surface area contributed by atoms with E-state index in [1.165, 1.54) is 12.3 Å². The smallest absolute Gasteiger partial charge is 0.258 e. The van der Waals surface area contributed by atoms with E-state index < -0.39 is 11.7 Å². The molecule has 0 atom stereocenters. The van der Waals surface area contributed by atoms with Crippen LogP contribution in [0.2, 0.25) is 0 Å². The molecule has 5 rings (SSSR count). The molecule has 0 saturated carbocycles. The zero-order chi connectivity index (χ0) is 20.5. The first-order valence-corrected chi connectivity index (χ1v) is 10.2. The summed E-state index contributed by atoms with van der Waals surface area (Å²) in [7, 11) is 0. The first-order valence-electron chi connectivity index (χ1n) is 10.2. The molecule has 0 radical (unpaired) electrons. The summed E-state index contributed by atoms with van der Waals surface area (Å²) in [5, 5.41) is 9.79. The Kier molecular flexibility index (Phi) is 4.88. The van der Waals surface area contributed by atoms with E-state index in [0.29, 0.717) is 29.9 Å². The Bertz CT molecular complexity index is 1130. The summed E-state index contributed by atoms with van der Waals surface area (Å²) < 4.78 is 15.1. The summed E-state index contributed by atoms with van der Waals surface area (Å²) in [6.45, 7) is 2.47. The number of fused-ring (bicyclic) bond motifs is 1. The predicted molar refractivity (Wildman–Crippen MR) is 114 cm³/mol. The Morgan fingerprint density at radius 3 is 2.80 bits per heavy atom. The van der Waals surface area contributed by atoms with Crippen LogP contribution in [0.25, 0.3) is 0 Å². The highest BCUT2D eigenvalue weighted by Gasteiger charge is 2.23. The molecule has 2 aliphatic heterocycles. The van der Waals surface area contributed by atoms with Gasteiger partial charge in [-0.1, -0.05) is 30.3 Å². The monoisotopic (exact) mass is 403 g/mol. The number of nitrogens with one attached hydrogen (secondary N) is 2. The first kappa shape index (κ1) is 18.7. The van der Waals surface area contributed by atoms with E-state index in [4.69, 9.17) is 0 Å². The number of nitrogens with zero attached hydrogens (tertiary/aromatic N) is 3. The Morgan fingerprint density at radius 1 is 1.13 bits per heavy atom. The number of H-pyrrole nitrogens is 1. The van der Waals surface area contributed by atoms with Crippen molar-refractivity contribution in [2.75, 3.05) is 18.4 Å². The molecule has 152 valence electrons. The normalized spacial score (nSPS) is 15.8. The van der Waals surface area contributed by atoms with Crippen molar-refractivity contribution in [1.82, 2.24) is 15.1 Å². The van der Waals surface area contributed by atoms with Gasteiger partial charge in [-0.25, -0.2) is 4.39 Å². The quantitative estimate of drug-likeness (QED) is 0.674. The van der Waals surface area contributed by atoms with Crippen LogP contribution in [0.4, 0.5) is 15.8 Å². The second-order valence-corrected chi connectivity index (χ2v) is 7.74. The van der Waals surface area contributed by atoms with Gasteiger partial charge in [0.2, 0.25) is 0 Å². The third kappa shape index (κ3) is 3.52. The molecular formula is C23H22FN5O. The van der Waals surface area contributed by atoms with E-state index in [0.717, 1.165) is 42.9 Å². The van der Waals surface area contributed by atoms with Gasteiger partial charge in [-0.3, -0.25) is 19.8 Å². The molecule has 6 nitrogen and oxygen atoms in total. The zero-order valence-electron chi connectivity index (χ0n) is 16.5. The van der Waals surface area contributed by atoms with Crippen molar-refractivity contribution in [3.63, 3.8) is 0 Å². The van der Waals surface area contributed by atoms with Crippen LogP contribution in [0.1, 0.15) is 40.0 Å². The highest BCUT2D eigenvalue weighted by Crippen LogP contribution is 2.30. The van der Waals surface area contributed by atoms with Crippen molar-refractivity contribution in [2.45, 2.75) is 25.8 Å². The number of likely N-dealkylation sites (tertiary alicyclic amines) is 1. The fourth-order valence-corrected chi connectivity index (χ4v) is 4.13. The van der Waals surface area contributed by atoms with E-state index in [2.05, 4.69) is 25.4 Å². The van der Waals surface area contributed by atoms with Crippen LogP contribution in [0, 0.1) is 5.82 Å². The van der Waals surface area contributed by atoms with Crippen LogP contribution in [0.3, 0.4) is 0 Å². The number of amides is 1. The highest BCUT2D eigenvalue weighted by molar-refractivity contribution is 6.12. The molecule has 2 aromatic carbocycles. The number of hydrogen-bond donors (Lipinski definition) is 2. The maximum Gasteiger partial charge on any atom is 0.258 e. The Balaban J connectivity index is 1.35. The molecule has 1 aromatic heterocycles. The summed E-state index contributed by atoms with van der Waals surface area (Å²) in [6, 6.07) is 12.9. The lowest BCUT2D eigenvalue weighted by molar-refractivity contribution is 0.102. The van der Waals surface area contributed by atoms with Crippen molar-refractivity contribution in [2.24, 2.45) is 4.99 Å². The maximum atomic E-state index is 15.1. The lowest BCUT2D eigenvalue weighted by Crippen LogP contribution is -2.21. The van der Waals surface area contributed by atoms with Gasteiger partial charge in [-0.2, -0.15) is 5.10 Å². The maximum absolute atomic E-state index is 15.1. The zero-order valence-corrected chi connectivity index (χ0v) is 16.5. The van der Waals surface area contributed by atoms with Gasteiger partial charge in [-0.15, -0.1) is 0 Å². The van der Waals surface area contributed by atoms with Crippen molar-refractivity contribution < 1.29 is 9.18 Å². The summed E-state index contributed by atoms with van der Waals surface area (Å²) in [5.74, 6) is -0.952. The number of para-hydroxylation sites is 1. The van der Waals surface area contributed by atoms with Crippen LogP contribution in [0.5, 0.6) is 0 Å². The third-order valence-corrected chi connectivity index (χ3v) is 5.70. The molecule has 0 bridgehead atoms. The van der Waals surface area contributed by atoms with Crippen LogP contribution in [-0.2, 0) is 13.0 Å². The van der Waals surface area contributed by atoms with Crippen LogP contribution in [0.15, 0.2) is 53.7 Å². The second kappa shape index (κ2) is 7.84. The highest BCUT2D eigenvalue weighted by atomic mass is 19.1. The van der Waals surface area contributed by atoms with Gasteiger partial charge in [0, 0.05) is 18.5 Å². The lowest BCUT2D eigenvalue weighted by Gasteiger charge is -2.16. The predicted octanol–water partition coefficient (Wildman–Crippen LogP) is 4.07. The van der Waals surface area contributed by atoms with E-state index in [9.17, 15) is 4.79 Å². The van der Waals surface area contributed by atoms with Gasteiger partial charge >= 0.3 is 0 Å². The number of rotatable bonds is 5. The molecule has 30 heavy (non-hydrogen) atoms. The van der Waals surface area contributed by atoms with E-state index in [1.807, 2.05) is 24.3 Å². The van der Waals surface area contributed by atoms with Crippen molar-refractivity contribution in [3.05, 3.63) is 76.9 Å². The fourth-order valence-electron chi connectivity index (χ4n) is 4.13. The minimum atomic E-state index is -0.491. The summed E-state index contributed by atoms with van der Waals surface area (Å²) in [6.07, 6.45) is 4.46. The molecule has 1 fully saturated rings. The number of carbonyl (C=O) groups excluding carboxylic acids is 1. The molecule has 2 aliphatic rings. The van der Waals surface area contributed by atoms with Gasteiger partial charge < -0.3 is 5.32 Å². The molecular weight excluding hydrogens is 381 g/mol. The Labute approximate surface area is 173 Å². The topological polar surface area (TPSA) is 73.4 Å². The first-order chi connectivity index (χ1) is 14.7. The van der Waals surface area contributed by atoms with Crippen LogP contribution in [-0.4, -0.2) is 39.8 Å². The number of anilines is 1. The van der Waals surface area contributed by atoms with Gasteiger partial charge in [0.1, 0.15) is 11.5 Å². The van der Waals surface area contributed by atoms with Gasteiger partial charge in [0.25, 0.3) is 5.91 Å². The van der Waals surface area contributed by atoms with E-state index in [1.54, 1.807) is 12.1 Å². The number of carbonyl (C=O) groups is 1. The minimum Gasteiger partial charge on any atom is -0.319 e. The number of hydrogen-bond acceptors (Lipinski definition) is 4. The molecule has 3 heterocycles. The average Bonchev–Trinajstić information content (AvgIpc) is 3.49. The number of benzene rings is 2. The number of aromatic amines is 1. The second-order valence-electron chi connectivity index (χ2n) is 7.74. The van der Waals surface area contributed by atoms with E-state index in [-0.39, 0.29) is 5.56 Å². The summed E-state index contributed by atoms with van der Waals surface area (Å²) in [5.41, 5.74) is 4.57. The fraction of sp³-hybridized carbons (Fsp3) is 0.261. The molecule has 1 amide bonds. The van der Waals surface area contributed by atoms with Crippen LogP contribution >= 0.6 is 0 Å². The Morgan fingerprint density at radius 2 is 1.97 bits per heavy atom. The minimum absolute atomic E-state index is 0.0375. The van der Waals surface area contributed by atoms with E-state index >= 15 is 4.39 Å². The van der Waals surface area contributed by atoms with Gasteiger partial charge in [0.05, 0.1) is 28.8 Å². The van der Waals surface area contributed by atoms with Crippen LogP contribution < -0.4 is 5.32 Å². The number of aromatic nitrogens is 2. The number of halogens is 1. The molecule has 0 unspecified atom stereocenters. The summed E-state index contributed by atoms with van der Waals surface area (Å²) in [4.78, 5) is 19.7. The van der Waals surface area contributed by atoms with Gasteiger partial charge in [0.15, 0.2) is 0 Å². The largest absolute Gasteiger partial charge is 0.319 e.